The predicted molar refractivity (Wildman–Crippen MR) is 114 cm³/mol. The van der Waals surface area contributed by atoms with Crippen LogP contribution in [-0.2, 0) is 33.1 Å². The molecular weight excluding hydrogens is 410 g/mol. The molecule has 0 heterocycles. The fraction of sp³-hybridized carbons (Fsp3) is 0.400. The van der Waals surface area contributed by atoms with Gasteiger partial charge >= 0.3 is 0 Å². The summed E-state index contributed by atoms with van der Waals surface area (Å²) in [6, 6.07) is 12.7. The standard InChI is InChI=1S/C20H29N3O4S2/c1-3-5-13-23(4-2)16-18-8-6-7-17(14-18)15-22-29(26,27)20-11-9-19(10-12-20)28(21,24)25/h6-12,14,22H,3-5,13,15-16H2,1-2H3,(H2,21,24,25). The third kappa shape index (κ3) is 7.20. The van der Waals surface area contributed by atoms with Crippen LogP contribution in [0.15, 0.2) is 58.3 Å². The Labute approximate surface area is 174 Å². The van der Waals surface area contributed by atoms with E-state index in [4.69, 9.17) is 5.14 Å². The van der Waals surface area contributed by atoms with E-state index in [0.717, 1.165) is 43.6 Å². The van der Waals surface area contributed by atoms with Gasteiger partial charge in [0.25, 0.3) is 0 Å². The van der Waals surface area contributed by atoms with Gasteiger partial charge in [-0.15, -0.1) is 0 Å². The molecule has 0 saturated heterocycles. The number of nitrogens with two attached hydrogens (primary N) is 1. The molecule has 160 valence electrons. The van der Waals surface area contributed by atoms with Crippen LogP contribution in [0.2, 0.25) is 0 Å². The molecule has 0 atom stereocenters. The molecule has 0 amide bonds. The quantitative estimate of drug-likeness (QED) is 0.559. The zero-order valence-corrected chi connectivity index (χ0v) is 18.5. The van der Waals surface area contributed by atoms with Gasteiger partial charge < -0.3 is 0 Å². The first-order chi connectivity index (χ1) is 13.7. The minimum absolute atomic E-state index is 0.0159. The second-order valence-electron chi connectivity index (χ2n) is 6.88. The third-order valence-electron chi connectivity index (χ3n) is 4.60. The summed E-state index contributed by atoms with van der Waals surface area (Å²) < 4.78 is 50.1. The summed E-state index contributed by atoms with van der Waals surface area (Å²) in [5.74, 6) is 0. The zero-order chi connectivity index (χ0) is 21.5. The molecule has 0 radical (unpaired) electrons. The van der Waals surface area contributed by atoms with Crippen LogP contribution in [0, 0.1) is 0 Å². The van der Waals surface area contributed by atoms with Gasteiger partial charge in [0.15, 0.2) is 0 Å². The summed E-state index contributed by atoms with van der Waals surface area (Å²) in [6.07, 6.45) is 2.30. The maximum Gasteiger partial charge on any atom is 0.240 e. The van der Waals surface area contributed by atoms with Crippen LogP contribution in [0.3, 0.4) is 0 Å². The highest BCUT2D eigenvalue weighted by Crippen LogP contribution is 2.15. The lowest BCUT2D eigenvalue weighted by molar-refractivity contribution is 0.275. The Bertz CT molecular complexity index is 1000. The fourth-order valence-corrected chi connectivity index (χ4v) is 4.43. The number of sulfonamides is 2. The second kappa shape index (κ2) is 10.3. The number of nitrogens with zero attached hydrogens (tertiary/aromatic N) is 1. The minimum atomic E-state index is -3.86. The monoisotopic (exact) mass is 439 g/mol. The number of nitrogens with one attached hydrogen (secondary N) is 1. The zero-order valence-electron chi connectivity index (χ0n) is 16.8. The number of hydrogen-bond acceptors (Lipinski definition) is 5. The van der Waals surface area contributed by atoms with Crippen molar-refractivity contribution in [2.45, 2.75) is 49.6 Å². The van der Waals surface area contributed by atoms with Gasteiger partial charge in [-0.25, -0.2) is 26.7 Å². The molecule has 0 aliphatic heterocycles. The number of hydrogen-bond donors (Lipinski definition) is 2. The van der Waals surface area contributed by atoms with Crippen LogP contribution in [-0.4, -0.2) is 34.8 Å². The van der Waals surface area contributed by atoms with E-state index < -0.39 is 20.0 Å². The summed E-state index contributed by atoms with van der Waals surface area (Å²) in [5.41, 5.74) is 2.00. The number of rotatable bonds is 11. The molecule has 7 nitrogen and oxygen atoms in total. The van der Waals surface area contributed by atoms with E-state index in [1.165, 1.54) is 24.3 Å². The highest BCUT2D eigenvalue weighted by atomic mass is 32.2. The molecule has 0 aliphatic carbocycles. The summed E-state index contributed by atoms with van der Waals surface area (Å²) in [4.78, 5) is 2.21. The first-order valence-corrected chi connectivity index (χ1v) is 12.6. The molecule has 3 N–H and O–H groups in total. The molecule has 0 fully saturated rings. The Balaban J connectivity index is 2.05. The van der Waals surface area contributed by atoms with Gasteiger partial charge in [-0.05, 0) is 54.9 Å². The number of primary sulfonamides is 1. The molecule has 0 spiro atoms. The molecule has 29 heavy (non-hydrogen) atoms. The average Bonchev–Trinajstić information content (AvgIpc) is 2.69. The summed E-state index contributed by atoms with van der Waals surface area (Å²) in [7, 11) is -7.63. The molecular formula is C20H29N3O4S2. The first-order valence-electron chi connectivity index (χ1n) is 9.58. The van der Waals surface area contributed by atoms with E-state index in [1.54, 1.807) is 0 Å². The Kier molecular flexibility index (Phi) is 8.35. The van der Waals surface area contributed by atoms with Crippen molar-refractivity contribution in [1.29, 1.82) is 0 Å². The topological polar surface area (TPSA) is 110 Å². The average molecular weight is 440 g/mol. The van der Waals surface area contributed by atoms with Gasteiger partial charge in [-0.1, -0.05) is 44.5 Å². The lowest BCUT2D eigenvalue weighted by Crippen LogP contribution is -2.25. The highest BCUT2D eigenvalue weighted by molar-refractivity contribution is 7.89. The minimum Gasteiger partial charge on any atom is -0.299 e. The van der Waals surface area contributed by atoms with Crippen LogP contribution in [0.1, 0.15) is 37.8 Å². The fourth-order valence-electron chi connectivity index (χ4n) is 2.90. The molecule has 0 bridgehead atoms. The Morgan fingerprint density at radius 1 is 0.931 bits per heavy atom. The van der Waals surface area contributed by atoms with Gasteiger partial charge in [0, 0.05) is 13.1 Å². The number of unbranched alkanes of at least 4 members (excludes halogenated alkanes) is 1. The van der Waals surface area contributed by atoms with Crippen LogP contribution < -0.4 is 9.86 Å². The lowest BCUT2D eigenvalue weighted by atomic mass is 10.1. The van der Waals surface area contributed by atoms with E-state index >= 15 is 0 Å². The van der Waals surface area contributed by atoms with Crippen molar-refractivity contribution in [2.24, 2.45) is 5.14 Å². The van der Waals surface area contributed by atoms with Gasteiger partial charge in [0.2, 0.25) is 20.0 Å². The highest BCUT2D eigenvalue weighted by Gasteiger charge is 2.16. The van der Waals surface area contributed by atoms with E-state index in [2.05, 4.69) is 23.5 Å². The lowest BCUT2D eigenvalue weighted by Gasteiger charge is -2.20. The summed E-state index contributed by atoms with van der Waals surface area (Å²) in [6.45, 7) is 7.28. The normalized spacial score (nSPS) is 12.4. The van der Waals surface area contributed by atoms with Gasteiger partial charge in [-0.2, -0.15) is 0 Å². The SMILES string of the molecule is CCCCN(CC)Cc1cccc(CNS(=O)(=O)c2ccc(S(N)(=O)=O)cc2)c1. The van der Waals surface area contributed by atoms with E-state index in [9.17, 15) is 16.8 Å². The second-order valence-corrected chi connectivity index (χ2v) is 10.2. The number of benzene rings is 2. The molecule has 2 aromatic rings. The molecule has 0 aromatic heterocycles. The summed E-state index contributed by atoms with van der Waals surface area (Å²) in [5, 5.41) is 5.04. The van der Waals surface area contributed by atoms with Crippen molar-refractivity contribution in [3.05, 3.63) is 59.7 Å². The Morgan fingerprint density at radius 2 is 1.55 bits per heavy atom. The smallest absolute Gasteiger partial charge is 0.240 e. The molecule has 0 aliphatic rings. The molecule has 2 aromatic carbocycles. The van der Waals surface area contributed by atoms with E-state index in [1.807, 2.05) is 24.3 Å². The van der Waals surface area contributed by atoms with E-state index in [-0.39, 0.29) is 16.3 Å². The summed E-state index contributed by atoms with van der Waals surface area (Å²) >= 11 is 0. The Hall–Kier alpha value is -1.78. The van der Waals surface area contributed by atoms with E-state index in [0.29, 0.717) is 0 Å². The van der Waals surface area contributed by atoms with Gasteiger partial charge in [0.05, 0.1) is 9.79 Å². The molecule has 0 unspecified atom stereocenters. The van der Waals surface area contributed by atoms with Crippen molar-refractivity contribution < 1.29 is 16.8 Å². The molecule has 9 heteroatoms. The maximum atomic E-state index is 12.5. The van der Waals surface area contributed by atoms with Crippen LogP contribution >= 0.6 is 0 Å². The van der Waals surface area contributed by atoms with Gasteiger partial charge in [-0.3, -0.25) is 4.90 Å². The third-order valence-corrected chi connectivity index (χ3v) is 6.95. The molecule has 2 rings (SSSR count). The van der Waals surface area contributed by atoms with Crippen molar-refractivity contribution in [3.63, 3.8) is 0 Å². The largest absolute Gasteiger partial charge is 0.299 e. The van der Waals surface area contributed by atoms with Crippen LogP contribution in [0.4, 0.5) is 0 Å². The van der Waals surface area contributed by atoms with Crippen LogP contribution in [0.25, 0.3) is 0 Å². The van der Waals surface area contributed by atoms with Crippen molar-refractivity contribution >= 4 is 20.0 Å². The van der Waals surface area contributed by atoms with Crippen molar-refractivity contribution in [2.75, 3.05) is 13.1 Å². The van der Waals surface area contributed by atoms with Crippen molar-refractivity contribution in [1.82, 2.24) is 9.62 Å². The Morgan fingerprint density at radius 3 is 2.14 bits per heavy atom. The van der Waals surface area contributed by atoms with Gasteiger partial charge in [0.1, 0.15) is 0 Å². The van der Waals surface area contributed by atoms with Crippen molar-refractivity contribution in [3.8, 4) is 0 Å². The molecule has 0 saturated carbocycles. The predicted octanol–water partition coefficient (Wildman–Crippen LogP) is 2.43. The maximum absolute atomic E-state index is 12.5. The first kappa shape index (κ1) is 23.5. The van der Waals surface area contributed by atoms with Crippen LogP contribution in [0.5, 0.6) is 0 Å².